The van der Waals surface area contributed by atoms with Gasteiger partial charge in [0, 0.05) is 12.6 Å². The predicted molar refractivity (Wildman–Crippen MR) is 94.6 cm³/mol. The van der Waals surface area contributed by atoms with E-state index in [1.54, 1.807) is 12.1 Å². The standard InChI is InChI=1S/C20H22N2O3/c23-19(17-12-5-13-18(21-17)20(24)25)22-14-6-11-16(22)10-4-9-15-7-2-1-3-8-15/h1-3,5,7-8,12-13,16H,4,6,9-11,14H2,(H,24,25). The van der Waals surface area contributed by atoms with E-state index in [0.717, 1.165) is 32.1 Å². The average Bonchev–Trinajstić information content (AvgIpc) is 3.10. The van der Waals surface area contributed by atoms with E-state index in [1.165, 1.54) is 11.6 Å². The molecular formula is C20H22N2O3. The molecule has 1 fully saturated rings. The highest BCUT2D eigenvalue weighted by Gasteiger charge is 2.29. The number of amides is 1. The van der Waals surface area contributed by atoms with Gasteiger partial charge in [0.2, 0.25) is 0 Å². The minimum absolute atomic E-state index is 0.0920. The Labute approximate surface area is 147 Å². The van der Waals surface area contributed by atoms with E-state index < -0.39 is 5.97 Å². The van der Waals surface area contributed by atoms with Gasteiger partial charge in [-0.25, -0.2) is 9.78 Å². The highest BCUT2D eigenvalue weighted by molar-refractivity contribution is 5.94. The number of carboxylic acid groups (broad SMARTS) is 1. The molecule has 1 N–H and O–H groups in total. The Kier molecular flexibility index (Phi) is 5.43. The van der Waals surface area contributed by atoms with Crippen LogP contribution >= 0.6 is 0 Å². The molecule has 1 aromatic heterocycles. The number of carbonyl (C=O) groups excluding carboxylic acids is 1. The van der Waals surface area contributed by atoms with Crippen LogP contribution in [0.3, 0.4) is 0 Å². The quantitative estimate of drug-likeness (QED) is 0.876. The SMILES string of the molecule is O=C(O)c1cccc(C(=O)N2CCCC2CCCc2ccccc2)n1. The molecule has 1 aliphatic rings. The topological polar surface area (TPSA) is 70.5 Å². The Morgan fingerprint density at radius 3 is 2.60 bits per heavy atom. The van der Waals surface area contributed by atoms with Crippen molar-refractivity contribution < 1.29 is 14.7 Å². The summed E-state index contributed by atoms with van der Waals surface area (Å²) < 4.78 is 0. The zero-order valence-corrected chi connectivity index (χ0v) is 14.1. The van der Waals surface area contributed by atoms with Gasteiger partial charge in [-0.1, -0.05) is 36.4 Å². The fourth-order valence-electron chi connectivity index (χ4n) is 3.41. The maximum Gasteiger partial charge on any atom is 0.354 e. The summed E-state index contributed by atoms with van der Waals surface area (Å²) in [5, 5.41) is 9.05. The Morgan fingerprint density at radius 2 is 1.84 bits per heavy atom. The first-order valence-electron chi connectivity index (χ1n) is 8.70. The van der Waals surface area contributed by atoms with Crippen LogP contribution < -0.4 is 0 Å². The van der Waals surface area contributed by atoms with Gasteiger partial charge in [0.25, 0.3) is 5.91 Å². The molecule has 1 aromatic carbocycles. The van der Waals surface area contributed by atoms with Crippen LogP contribution in [0.2, 0.25) is 0 Å². The van der Waals surface area contributed by atoms with Crippen LogP contribution in [0.15, 0.2) is 48.5 Å². The minimum atomic E-state index is -1.12. The molecule has 1 unspecified atom stereocenters. The molecular weight excluding hydrogens is 316 g/mol. The summed E-state index contributed by atoms with van der Waals surface area (Å²) in [6.07, 6.45) is 4.98. The van der Waals surface area contributed by atoms with E-state index in [-0.39, 0.29) is 23.3 Å². The van der Waals surface area contributed by atoms with E-state index in [2.05, 4.69) is 17.1 Å². The van der Waals surface area contributed by atoms with Gasteiger partial charge in [0.1, 0.15) is 11.4 Å². The van der Waals surface area contributed by atoms with Gasteiger partial charge in [-0.05, 0) is 49.8 Å². The summed E-state index contributed by atoms with van der Waals surface area (Å²) >= 11 is 0. The summed E-state index contributed by atoms with van der Waals surface area (Å²) in [6.45, 7) is 0.716. The van der Waals surface area contributed by atoms with Gasteiger partial charge in [-0.15, -0.1) is 0 Å². The van der Waals surface area contributed by atoms with Crippen LogP contribution in [0.25, 0.3) is 0 Å². The predicted octanol–water partition coefficient (Wildman–Crippen LogP) is 3.41. The molecule has 0 aliphatic carbocycles. The van der Waals surface area contributed by atoms with E-state index in [4.69, 9.17) is 5.11 Å². The van der Waals surface area contributed by atoms with Gasteiger partial charge in [0.15, 0.2) is 0 Å². The smallest absolute Gasteiger partial charge is 0.354 e. The molecule has 0 bridgehead atoms. The largest absolute Gasteiger partial charge is 0.477 e. The number of aryl methyl sites for hydroxylation is 1. The molecule has 0 spiro atoms. The lowest BCUT2D eigenvalue weighted by molar-refractivity contribution is 0.0689. The molecule has 2 aromatic rings. The van der Waals surface area contributed by atoms with Gasteiger partial charge >= 0.3 is 5.97 Å². The lowest BCUT2D eigenvalue weighted by Crippen LogP contribution is -2.36. The van der Waals surface area contributed by atoms with E-state index in [9.17, 15) is 9.59 Å². The van der Waals surface area contributed by atoms with Gasteiger partial charge < -0.3 is 10.0 Å². The van der Waals surface area contributed by atoms with Crippen molar-refractivity contribution in [1.29, 1.82) is 0 Å². The van der Waals surface area contributed by atoms with E-state index >= 15 is 0 Å². The number of likely N-dealkylation sites (tertiary alicyclic amines) is 1. The number of pyridine rings is 1. The molecule has 5 heteroatoms. The Bertz CT molecular complexity index is 746. The van der Waals surface area contributed by atoms with Crippen molar-refractivity contribution in [1.82, 2.24) is 9.88 Å². The number of nitrogens with zero attached hydrogens (tertiary/aromatic N) is 2. The zero-order valence-electron chi connectivity index (χ0n) is 14.1. The van der Waals surface area contributed by atoms with Gasteiger partial charge in [-0.2, -0.15) is 0 Å². The van der Waals surface area contributed by atoms with Crippen LogP contribution in [0.5, 0.6) is 0 Å². The second-order valence-electron chi connectivity index (χ2n) is 6.39. The van der Waals surface area contributed by atoms with E-state index in [1.807, 2.05) is 23.1 Å². The molecule has 130 valence electrons. The molecule has 5 nitrogen and oxygen atoms in total. The lowest BCUT2D eigenvalue weighted by Gasteiger charge is -2.24. The normalized spacial score (nSPS) is 16.8. The van der Waals surface area contributed by atoms with Gasteiger partial charge in [-0.3, -0.25) is 4.79 Å². The fourth-order valence-corrected chi connectivity index (χ4v) is 3.41. The fraction of sp³-hybridized carbons (Fsp3) is 0.350. The maximum atomic E-state index is 12.7. The van der Waals surface area contributed by atoms with Crippen molar-refractivity contribution in [2.75, 3.05) is 6.54 Å². The van der Waals surface area contributed by atoms with Crippen molar-refractivity contribution in [3.8, 4) is 0 Å². The summed E-state index contributed by atoms with van der Waals surface area (Å²) in [7, 11) is 0. The molecule has 2 heterocycles. The second kappa shape index (κ2) is 7.92. The first-order chi connectivity index (χ1) is 12.1. The summed E-state index contributed by atoms with van der Waals surface area (Å²) in [5.41, 5.74) is 1.44. The number of hydrogen-bond acceptors (Lipinski definition) is 3. The number of carbonyl (C=O) groups is 2. The molecule has 0 saturated carbocycles. The lowest BCUT2D eigenvalue weighted by atomic mass is 10.0. The van der Waals surface area contributed by atoms with Crippen LogP contribution in [-0.2, 0) is 6.42 Å². The van der Waals surface area contributed by atoms with Crippen LogP contribution in [0, 0.1) is 0 Å². The molecule has 0 radical (unpaired) electrons. The summed E-state index contributed by atoms with van der Waals surface area (Å²) in [5.74, 6) is -1.28. The maximum absolute atomic E-state index is 12.7. The monoisotopic (exact) mass is 338 g/mol. The number of aromatic nitrogens is 1. The van der Waals surface area contributed by atoms with Crippen LogP contribution in [0.1, 0.15) is 52.2 Å². The first kappa shape index (κ1) is 17.1. The number of aromatic carboxylic acids is 1. The number of carboxylic acids is 1. The van der Waals surface area contributed by atoms with Crippen molar-refractivity contribution in [3.05, 3.63) is 65.5 Å². The highest BCUT2D eigenvalue weighted by Crippen LogP contribution is 2.24. The van der Waals surface area contributed by atoms with Crippen molar-refractivity contribution in [3.63, 3.8) is 0 Å². The third-order valence-corrected chi connectivity index (χ3v) is 4.67. The number of rotatable bonds is 6. The Morgan fingerprint density at radius 1 is 1.08 bits per heavy atom. The van der Waals surface area contributed by atoms with Crippen molar-refractivity contribution >= 4 is 11.9 Å². The first-order valence-corrected chi connectivity index (χ1v) is 8.70. The molecule has 1 aliphatic heterocycles. The van der Waals surface area contributed by atoms with Crippen LogP contribution in [-0.4, -0.2) is 39.5 Å². The van der Waals surface area contributed by atoms with E-state index in [0.29, 0.717) is 6.54 Å². The number of benzene rings is 1. The van der Waals surface area contributed by atoms with Crippen LogP contribution in [0.4, 0.5) is 0 Å². The van der Waals surface area contributed by atoms with Gasteiger partial charge in [0.05, 0.1) is 0 Å². The number of hydrogen-bond donors (Lipinski definition) is 1. The molecule has 1 atom stereocenters. The highest BCUT2D eigenvalue weighted by atomic mass is 16.4. The molecule has 1 saturated heterocycles. The average molecular weight is 338 g/mol. The summed E-state index contributed by atoms with van der Waals surface area (Å²) in [6, 6.07) is 15.1. The third-order valence-electron chi connectivity index (χ3n) is 4.67. The Balaban J connectivity index is 1.61. The van der Waals surface area contributed by atoms with Crippen molar-refractivity contribution in [2.24, 2.45) is 0 Å². The minimum Gasteiger partial charge on any atom is -0.477 e. The molecule has 1 amide bonds. The summed E-state index contributed by atoms with van der Waals surface area (Å²) in [4.78, 5) is 29.6. The molecule has 25 heavy (non-hydrogen) atoms. The third kappa shape index (κ3) is 4.24. The van der Waals surface area contributed by atoms with Crippen molar-refractivity contribution in [2.45, 2.75) is 38.1 Å². The zero-order chi connectivity index (χ0) is 17.6. The molecule has 3 rings (SSSR count). The second-order valence-corrected chi connectivity index (χ2v) is 6.39. The Hall–Kier alpha value is -2.69.